The number of carbonyl (C=O) groups is 8. The molecule has 0 aliphatic carbocycles. The fourth-order valence-corrected chi connectivity index (χ4v) is 8.69. The predicted molar refractivity (Wildman–Crippen MR) is 327 cm³/mol. The summed E-state index contributed by atoms with van der Waals surface area (Å²) < 4.78 is 4.50. The van der Waals surface area contributed by atoms with E-state index in [1.807, 2.05) is 0 Å². The summed E-state index contributed by atoms with van der Waals surface area (Å²) in [5.74, 6) is -3.04. The van der Waals surface area contributed by atoms with Crippen molar-refractivity contribution in [3.8, 4) is 45.0 Å². The Labute approximate surface area is 569 Å². The largest absolute Gasteiger partial charge is 1.00 e. The molecule has 0 radical (unpaired) electrons. The number of nitrogens with zero attached hydrogens (tertiary/aromatic N) is 9. The van der Waals surface area contributed by atoms with Crippen LogP contribution in [-0.4, -0.2) is 118 Å². The van der Waals surface area contributed by atoms with Crippen molar-refractivity contribution in [1.82, 2.24) is 50.1 Å². The van der Waals surface area contributed by atoms with E-state index in [1.165, 1.54) is 49.5 Å². The van der Waals surface area contributed by atoms with Crippen molar-refractivity contribution in [3.05, 3.63) is 185 Å². The molecule has 1 aliphatic heterocycles. The molecule has 8 aromatic rings. The molecule has 0 bridgehead atoms. The van der Waals surface area contributed by atoms with Crippen LogP contribution in [0.3, 0.4) is 0 Å². The number of aliphatic carboxylic acids is 1. The SMILES string of the molecule is COC(=O)CCC(=O)c1cc(-c2ccc(Cl)c(Cl)c2)ncn1.O=C(Cl)c1cc(-c2ccc(Cl)c(Cl)c2)ncn1.O=C([O-])CCC(=O)c1cc(-c2ccc(Cl)c(Cl)c2)ncn1.O=C1CN(C(=O)CCC(=O)c2cc(-c3ccc(Cl)c(Cl)c3)ncn2)CCN1.[Na+]. The van der Waals surface area contributed by atoms with Crippen LogP contribution in [0.15, 0.2) is 122 Å². The van der Waals surface area contributed by atoms with Gasteiger partial charge in [-0.05, 0) is 90.8 Å². The first-order valence-electron chi connectivity index (χ1n) is 25.2. The second kappa shape index (κ2) is 35.5. The third-order valence-corrected chi connectivity index (χ3v) is 15.0. The molecular weight excluding hydrogens is 1340 g/mol. The van der Waals surface area contributed by atoms with Crippen LogP contribution < -0.4 is 40.0 Å². The number of methoxy groups -OCH3 is 1. The minimum absolute atomic E-state index is 0. The molecule has 1 fully saturated rings. The second-order valence-corrected chi connectivity index (χ2v) is 21.4. The average Bonchev–Trinajstić information content (AvgIpc) is 3.59. The molecule has 2 amide bonds. The van der Waals surface area contributed by atoms with Gasteiger partial charge in [0.15, 0.2) is 17.3 Å². The Bertz CT molecular complexity index is 3910. The van der Waals surface area contributed by atoms with Crippen molar-refractivity contribution in [2.45, 2.75) is 38.5 Å². The van der Waals surface area contributed by atoms with E-state index in [0.717, 1.165) is 11.1 Å². The number of benzene rings is 4. The van der Waals surface area contributed by atoms with E-state index in [4.69, 9.17) is 104 Å². The predicted octanol–water partition coefficient (Wildman–Crippen LogP) is 8.95. The van der Waals surface area contributed by atoms with Gasteiger partial charge in [0.1, 0.15) is 48.1 Å². The number of carbonyl (C=O) groups excluding carboxylic acids is 8. The zero-order valence-corrected chi connectivity index (χ0v) is 54.7. The van der Waals surface area contributed by atoms with Gasteiger partial charge >= 0.3 is 35.5 Å². The van der Waals surface area contributed by atoms with Crippen LogP contribution in [-0.2, 0) is 23.9 Å². The number of ketones is 3. The monoisotopic (exact) mass is 1380 g/mol. The molecule has 9 rings (SSSR count). The van der Waals surface area contributed by atoms with Crippen molar-refractivity contribution in [2.75, 3.05) is 26.7 Å². The van der Waals surface area contributed by atoms with Crippen LogP contribution in [0, 0.1) is 0 Å². The quantitative estimate of drug-likeness (QED) is 0.0385. The number of aromatic nitrogens is 8. The molecule has 4 aromatic carbocycles. The van der Waals surface area contributed by atoms with Crippen LogP contribution in [0.4, 0.5) is 0 Å². The normalized spacial score (nSPS) is 11.3. The van der Waals surface area contributed by atoms with E-state index < -0.39 is 17.2 Å². The maximum absolute atomic E-state index is 12.4. The van der Waals surface area contributed by atoms with E-state index in [-0.39, 0.29) is 127 Å². The van der Waals surface area contributed by atoms with Gasteiger partial charge in [0.05, 0.1) is 83.0 Å². The van der Waals surface area contributed by atoms with Gasteiger partial charge in [0, 0.05) is 67.0 Å². The molecule has 0 unspecified atom stereocenters. The van der Waals surface area contributed by atoms with Gasteiger partial charge in [-0.1, -0.05) is 117 Å². The van der Waals surface area contributed by atoms with Crippen molar-refractivity contribution in [2.24, 2.45) is 0 Å². The zero-order valence-electron chi connectivity index (χ0n) is 45.9. The number of esters is 1. The van der Waals surface area contributed by atoms with Crippen LogP contribution >= 0.6 is 104 Å². The van der Waals surface area contributed by atoms with Gasteiger partial charge in [0.2, 0.25) is 11.8 Å². The van der Waals surface area contributed by atoms with Crippen molar-refractivity contribution < 1.29 is 77.8 Å². The molecule has 1 saturated heterocycles. The molecule has 0 atom stereocenters. The number of halogens is 9. The Balaban J connectivity index is 0.000000216. The number of amides is 2. The Kier molecular flexibility index (Phi) is 29.1. The first-order chi connectivity index (χ1) is 41.5. The van der Waals surface area contributed by atoms with E-state index in [1.54, 1.807) is 84.9 Å². The smallest absolute Gasteiger partial charge is 0.550 e. The van der Waals surface area contributed by atoms with Crippen LogP contribution in [0.25, 0.3) is 45.0 Å². The summed E-state index contributed by atoms with van der Waals surface area (Å²) in [6.07, 6.45) is 4.67. The third-order valence-electron chi connectivity index (χ3n) is 11.9. The van der Waals surface area contributed by atoms with Gasteiger partial charge in [-0.15, -0.1) is 0 Å². The van der Waals surface area contributed by atoms with Gasteiger partial charge in [0.25, 0.3) is 5.24 Å². The van der Waals surface area contributed by atoms with Crippen molar-refractivity contribution in [1.29, 1.82) is 0 Å². The number of ether oxygens (including phenoxy) is 1. The maximum Gasteiger partial charge on any atom is 1.00 e. The molecule has 5 heterocycles. The summed E-state index contributed by atoms with van der Waals surface area (Å²) in [5.41, 5.74) is 5.73. The number of piperazine rings is 1. The van der Waals surface area contributed by atoms with E-state index in [9.17, 15) is 43.5 Å². The van der Waals surface area contributed by atoms with Gasteiger partial charge in [-0.2, -0.15) is 0 Å². The first kappa shape index (κ1) is 72.1. The molecule has 1 N–H and O–H groups in total. The second-order valence-electron chi connectivity index (χ2n) is 17.8. The molecular formula is C58H42Cl9N10NaO10. The number of nitrogens with one attached hydrogen (secondary N) is 1. The Hall–Kier alpha value is -6.63. The van der Waals surface area contributed by atoms with E-state index >= 15 is 0 Å². The Morgan fingerprint density at radius 1 is 0.466 bits per heavy atom. The van der Waals surface area contributed by atoms with E-state index in [2.05, 4.69) is 49.9 Å². The molecule has 20 nitrogen and oxygen atoms in total. The van der Waals surface area contributed by atoms with Crippen LogP contribution in [0.2, 0.25) is 40.2 Å². The number of Topliss-reactive ketones (excluding diaryl/α,β-unsaturated/α-hetero) is 3. The number of hydrogen-bond donors (Lipinski definition) is 1. The minimum atomic E-state index is -1.28. The molecule has 30 heteroatoms. The number of rotatable bonds is 17. The standard InChI is InChI=1S/C18H16Cl2N4O3.C15H12Cl2N2O3.C14H10Cl2N2O3.C11H5Cl3N2O.Na/c19-12-2-1-11(7-13(12)20)14-8-15(23-10-22-14)16(25)3-4-18(27)24-6-5-21-17(26)9-24;1-22-15(21)5-4-14(20)13-7-12(18-8-19-13)9-2-3-10(16)11(17)6-9;15-9-2-1-8(5-10(9)16)11-6-12(18-7-17-11)13(19)3-4-14(20)21;12-7-2-1-6(3-8(7)13)9-4-10(11(14)17)16-5-15-9;/h1-2,7-8,10H,3-6,9H2,(H,21,26);2-3,6-8H,4-5H2,1H3;1-2,5-7H,3-4H2,(H,20,21);1-5H;/q;;;;+1/p-1. The number of carboxylic acids is 1. The fourth-order valence-electron chi connectivity index (χ4n) is 7.39. The average molecular weight is 1380 g/mol. The molecule has 88 heavy (non-hydrogen) atoms. The summed E-state index contributed by atoms with van der Waals surface area (Å²) in [6.45, 7) is 0.910. The molecule has 1 aliphatic rings. The summed E-state index contributed by atoms with van der Waals surface area (Å²) in [5, 5.41) is 15.7. The minimum Gasteiger partial charge on any atom is -0.550 e. The summed E-state index contributed by atoms with van der Waals surface area (Å²) in [7, 11) is 1.28. The van der Waals surface area contributed by atoms with Crippen molar-refractivity contribution in [3.63, 3.8) is 0 Å². The fraction of sp³-hybridized carbons (Fsp3) is 0.172. The summed E-state index contributed by atoms with van der Waals surface area (Å²) in [4.78, 5) is 126. The molecule has 448 valence electrons. The maximum atomic E-state index is 12.4. The van der Waals surface area contributed by atoms with Gasteiger partial charge in [-0.3, -0.25) is 33.6 Å². The number of hydrogen-bond acceptors (Lipinski definition) is 18. The third kappa shape index (κ3) is 22.1. The summed E-state index contributed by atoms with van der Waals surface area (Å²) in [6, 6.07) is 26.2. The van der Waals surface area contributed by atoms with Crippen LogP contribution in [0.5, 0.6) is 0 Å². The van der Waals surface area contributed by atoms with Crippen LogP contribution in [0.1, 0.15) is 80.5 Å². The van der Waals surface area contributed by atoms with Gasteiger partial charge < -0.3 is 24.9 Å². The molecule has 0 saturated carbocycles. The topological polar surface area (TPSA) is 287 Å². The molecule has 0 spiro atoms. The first-order valence-corrected chi connectivity index (χ1v) is 28.6. The van der Waals surface area contributed by atoms with E-state index in [0.29, 0.717) is 87.2 Å². The Morgan fingerprint density at radius 2 is 0.795 bits per heavy atom. The molecule has 4 aromatic heterocycles. The van der Waals surface area contributed by atoms with Crippen molar-refractivity contribution >= 4 is 151 Å². The zero-order chi connectivity index (χ0) is 63.3. The van der Waals surface area contributed by atoms with Gasteiger partial charge in [-0.25, -0.2) is 39.9 Å². The Morgan fingerprint density at radius 3 is 1.11 bits per heavy atom. The summed E-state index contributed by atoms with van der Waals surface area (Å²) >= 11 is 52.6. The number of carboxylic acid groups (broad SMARTS) is 1.